The molecule has 0 aliphatic carbocycles. The maximum atomic E-state index is 11.5. The molecule has 0 radical (unpaired) electrons. The molecule has 0 aliphatic heterocycles. The Labute approximate surface area is 158 Å². The molecule has 0 fully saturated rings. The van der Waals surface area contributed by atoms with E-state index in [2.05, 4.69) is 46.3 Å². The summed E-state index contributed by atoms with van der Waals surface area (Å²) in [6.07, 6.45) is 2.49. The number of carboxylic acid groups (broad SMARTS) is 1. The van der Waals surface area contributed by atoms with Crippen molar-refractivity contribution in [2.24, 2.45) is 0 Å². The molecular weight excluding hydrogens is 340 g/mol. The lowest BCUT2D eigenvalue weighted by molar-refractivity contribution is 0.0699. The fraction of sp³-hybridized carbons (Fsp3) is 0.286. The van der Waals surface area contributed by atoms with Crippen LogP contribution in [0.3, 0.4) is 0 Å². The molecule has 2 N–H and O–H groups in total. The van der Waals surface area contributed by atoms with Gasteiger partial charge in [-0.3, -0.25) is 0 Å². The highest BCUT2D eigenvalue weighted by molar-refractivity contribution is 6.04. The van der Waals surface area contributed by atoms with Crippen LogP contribution >= 0.6 is 0 Å². The van der Waals surface area contributed by atoms with Crippen LogP contribution in [0.4, 0.5) is 5.82 Å². The minimum Gasteiger partial charge on any atom is -0.478 e. The Morgan fingerprint density at radius 1 is 1.15 bits per heavy atom. The van der Waals surface area contributed by atoms with E-state index in [4.69, 9.17) is 0 Å². The Bertz CT molecular complexity index is 914. The number of nitrogens with zero attached hydrogens (tertiary/aromatic N) is 3. The Hall–Kier alpha value is -2.99. The predicted molar refractivity (Wildman–Crippen MR) is 107 cm³/mol. The number of carbonyl (C=O) groups is 1. The number of rotatable bonds is 8. The Kier molecular flexibility index (Phi) is 5.98. The molecule has 3 aromatic rings. The van der Waals surface area contributed by atoms with Gasteiger partial charge < -0.3 is 15.3 Å². The Morgan fingerprint density at radius 2 is 1.93 bits per heavy atom. The van der Waals surface area contributed by atoms with Gasteiger partial charge in [0.15, 0.2) is 0 Å². The second-order valence-electron chi connectivity index (χ2n) is 6.60. The van der Waals surface area contributed by atoms with Crippen LogP contribution in [0.5, 0.6) is 0 Å². The van der Waals surface area contributed by atoms with Crippen molar-refractivity contribution in [3.05, 3.63) is 66.0 Å². The lowest BCUT2D eigenvalue weighted by Gasteiger charge is -2.26. The third kappa shape index (κ3) is 4.41. The highest BCUT2D eigenvalue weighted by Crippen LogP contribution is 2.26. The molecule has 140 valence electrons. The summed E-state index contributed by atoms with van der Waals surface area (Å²) in [6.45, 7) is 3.97. The molecule has 0 spiro atoms. The summed E-state index contributed by atoms with van der Waals surface area (Å²) in [7, 11) is 2.10. The van der Waals surface area contributed by atoms with E-state index in [0.717, 1.165) is 25.1 Å². The molecule has 1 unspecified atom stereocenters. The van der Waals surface area contributed by atoms with Gasteiger partial charge in [0.1, 0.15) is 12.1 Å². The highest BCUT2D eigenvalue weighted by Gasteiger charge is 2.17. The van der Waals surface area contributed by atoms with Crippen molar-refractivity contribution in [1.82, 2.24) is 14.9 Å². The second-order valence-corrected chi connectivity index (χ2v) is 6.60. The van der Waals surface area contributed by atoms with Gasteiger partial charge in [-0.2, -0.15) is 0 Å². The van der Waals surface area contributed by atoms with Crippen molar-refractivity contribution in [2.75, 3.05) is 25.5 Å². The standard InChI is InChI=1S/C21H24N4O2/c1-3-12-25(2)13-18(15-8-5-4-6-9-15)24-20-16-10-7-11-17(21(26)27)19(16)22-14-23-20/h4-11,14,18H,3,12-13H2,1-2H3,(H,26,27)(H,22,23,24). The molecule has 3 rings (SSSR count). The molecule has 1 atom stereocenters. The summed E-state index contributed by atoms with van der Waals surface area (Å²) >= 11 is 0. The number of fused-ring (bicyclic) bond motifs is 1. The number of nitrogens with one attached hydrogen (secondary N) is 1. The van der Waals surface area contributed by atoms with Crippen LogP contribution in [-0.4, -0.2) is 46.1 Å². The van der Waals surface area contributed by atoms with Crippen molar-refractivity contribution in [3.8, 4) is 0 Å². The first kappa shape index (κ1) is 18.8. The number of benzene rings is 2. The minimum atomic E-state index is -0.993. The van der Waals surface area contributed by atoms with E-state index in [9.17, 15) is 9.90 Å². The van der Waals surface area contributed by atoms with Crippen LogP contribution in [0, 0.1) is 0 Å². The summed E-state index contributed by atoms with van der Waals surface area (Å²) in [5, 5.41) is 13.6. The maximum absolute atomic E-state index is 11.5. The average Bonchev–Trinajstić information content (AvgIpc) is 2.68. The van der Waals surface area contributed by atoms with E-state index in [0.29, 0.717) is 16.7 Å². The first-order valence-corrected chi connectivity index (χ1v) is 9.07. The third-order valence-corrected chi connectivity index (χ3v) is 4.51. The van der Waals surface area contributed by atoms with Gasteiger partial charge in [-0.1, -0.05) is 43.3 Å². The third-order valence-electron chi connectivity index (χ3n) is 4.51. The van der Waals surface area contributed by atoms with Gasteiger partial charge in [0.2, 0.25) is 0 Å². The maximum Gasteiger partial charge on any atom is 0.337 e. The van der Waals surface area contributed by atoms with Crippen LogP contribution in [0.15, 0.2) is 54.9 Å². The Balaban J connectivity index is 1.98. The topological polar surface area (TPSA) is 78.3 Å². The van der Waals surface area contributed by atoms with Gasteiger partial charge in [0.25, 0.3) is 0 Å². The summed E-state index contributed by atoms with van der Waals surface area (Å²) in [5.41, 5.74) is 1.77. The summed E-state index contributed by atoms with van der Waals surface area (Å²) in [4.78, 5) is 22.4. The SMILES string of the molecule is CCCN(C)CC(Nc1ncnc2c(C(=O)O)cccc12)c1ccccc1. The molecule has 0 saturated carbocycles. The van der Waals surface area contributed by atoms with E-state index >= 15 is 0 Å². The largest absolute Gasteiger partial charge is 0.478 e. The predicted octanol–water partition coefficient (Wildman–Crippen LogP) is 3.82. The zero-order chi connectivity index (χ0) is 19.2. The lowest BCUT2D eigenvalue weighted by Crippen LogP contribution is -2.29. The summed E-state index contributed by atoms with van der Waals surface area (Å²) in [5.74, 6) is -0.352. The monoisotopic (exact) mass is 364 g/mol. The van der Waals surface area contributed by atoms with E-state index in [-0.39, 0.29) is 11.6 Å². The molecule has 6 nitrogen and oxygen atoms in total. The number of para-hydroxylation sites is 1. The van der Waals surface area contributed by atoms with Gasteiger partial charge in [-0.25, -0.2) is 14.8 Å². The van der Waals surface area contributed by atoms with Gasteiger partial charge >= 0.3 is 5.97 Å². The van der Waals surface area contributed by atoms with Gasteiger partial charge in [-0.15, -0.1) is 0 Å². The second kappa shape index (κ2) is 8.60. The van der Waals surface area contributed by atoms with Crippen LogP contribution in [0.25, 0.3) is 10.9 Å². The highest BCUT2D eigenvalue weighted by atomic mass is 16.4. The van der Waals surface area contributed by atoms with Crippen LogP contribution in [-0.2, 0) is 0 Å². The lowest BCUT2D eigenvalue weighted by atomic mass is 10.1. The van der Waals surface area contributed by atoms with E-state index in [1.807, 2.05) is 24.3 Å². The quantitative estimate of drug-likeness (QED) is 0.633. The smallest absolute Gasteiger partial charge is 0.337 e. The van der Waals surface area contributed by atoms with Gasteiger partial charge in [0, 0.05) is 11.9 Å². The molecule has 6 heteroatoms. The normalized spacial score (nSPS) is 12.3. The number of anilines is 1. The zero-order valence-electron chi connectivity index (χ0n) is 15.6. The molecule has 1 aromatic heterocycles. The molecule has 2 aromatic carbocycles. The number of aromatic carboxylic acids is 1. The fourth-order valence-corrected chi connectivity index (χ4v) is 3.24. The fourth-order valence-electron chi connectivity index (χ4n) is 3.24. The van der Waals surface area contributed by atoms with Crippen molar-refractivity contribution in [2.45, 2.75) is 19.4 Å². The van der Waals surface area contributed by atoms with E-state index in [1.165, 1.54) is 6.33 Å². The van der Waals surface area contributed by atoms with Gasteiger partial charge in [0.05, 0.1) is 17.1 Å². The molecular formula is C21H24N4O2. The van der Waals surface area contributed by atoms with Crippen molar-refractivity contribution in [3.63, 3.8) is 0 Å². The number of carboxylic acids is 1. The number of likely N-dealkylation sites (N-methyl/N-ethyl adjacent to an activating group) is 1. The minimum absolute atomic E-state index is 0.0225. The molecule has 0 saturated heterocycles. The van der Waals surface area contributed by atoms with E-state index < -0.39 is 5.97 Å². The van der Waals surface area contributed by atoms with Crippen molar-refractivity contribution < 1.29 is 9.90 Å². The van der Waals surface area contributed by atoms with Crippen LogP contribution < -0.4 is 5.32 Å². The number of hydrogen-bond donors (Lipinski definition) is 2. The number of aromatic nitrogens is 2. The van der Waals surface area contributed by atoms with Crippen LogP contribution in [0.2, 0.25) is 0 Å². The Morgan fingerprint density at radius 3 is 2.63 bits per heavy atom. The first-order valence-electron chi connectivity index (χ1n) is 9.07. The van der Waals surface area contributed by atoms with Crippen LogP contribution in [0.1, 0.15) is 35.3 Å². The molecule has 0 aliphatic rings. The molecule has 27 heavy (non-hydrogen) atoms. The number of hydrogen-bond acceptors (Lipinski definition) is 5. The van der Waals surface area contributed by atoms with Gasteiger partial charge in [-0.05, 0) is 37.7 Å². The van der Waals surface area contributed by atoms with Crippen molar-refractivity contribution in [1.29, 1.82) is 0 Å². The van der Waals surface area contributed by atoms with Crippen molar-refractivity contribution >= 4 is 22.7 Å². The first-order chi connectivity index (χ1) is 13.1. The molecule has 0 amide bonds. The zero-order valence-corrected chi connectivity index (χ0v) is 15.6. The summed E-state index contributed by atoms with van der Waals surface area (Å²) < 4.78 is 0. The molecule has 0 bridgehead atoms. The average molecular weight is 364 g/mol. The summed E-state index contributed by atoms with van der Waals surface area (Å²) in [6, 6.07) is 15.4. The molecule has 1 heterocycles. The van der Waals surface area contributed by atoms with E-state index in [1.54, 1.807) is 12.1 Å².